The first kappa shape index (κ1) is 21.8. The number of nitrogens with zero attached hydrogens (tertiary/aromatic N) is 1. The van der Waals surface area contributed by atoms with Crippen LogP contribution in [0.15, 0.2) is 0 Å². The van der Waals surface area contributed by atoms with Crippen LogP contribution in [0.4, 0.5) is 0 Å². The Kier molecular flexibility index (Phi) is 9.53. The SMILES string of the molecule is CCCCCCCCC1CCN(S(=O)C2(C(=O)NO)CCOCC2)CC1. The van der Waals surface area contributed by atoms with E-state index < -0.39 is 21.6 Å². The fourth-order valence-corrected chi connectivity index (χ4v) is 5.87. The molecule has 0 radical (unpaired) electrons. The van der Waals surface area contributed by atoms with Gasteiger partial charge in [0.25, 0.3) is 5.91 Å². The molecule has 0 aromatic carbocycles. The van der Waals surface area contributed by atoms with Crippen LogP contribution >= 0.6 is 0 Å². The third kappa shape index (κ3) is 5.75. The van der Waals surface area contributed by atoms with Crippen LogP contribution in [-0.2, 0) is 20.5 Å². The third-order valence-electron chi connectivity index (χ3n) is 5.92. The fourth-order valence-electron chi connectivity index (χ4n) is 4.11. The second-order valence-electron chi connectivity index (χ2n) is 7.73. The third-order valence-corrected chi connectivity index (χ3v) is 8.02. The molecule has 1 atom stereocenters. The van der Waals surface area contributed by atoms with Crippen molar-refractivity contribution in [2.75, 3.05) is 26.3 Å². The van der Waals surface area contributed by atoms with Crippen molar-refractivity contribution in [3.05, 3.63) is 0 Å². The van der Waals surface area contributed by atoms with Crippen LogP contribution < -0.4 is 5.48 Å². The standard InChI is InChI=1S/C19H36N2O4S/c1-2-3-4-5-6-7-8-17-9-13-21(14-10-17)26(24)19(18(22)20-23)11-15-25-16-12-19/h17,23H,2-16H2,1H3,(H,20,22). The van der Waals surface area contributed by atoms with E-state index in [2.05, 4.69) is 6.92 Å². The van der Waals surface area contributed by atoms with Crippen molar-refractivity contribution in [2.24, 2.45) is 5.92 Å². The van der Waals surface area contributed by atoms with Crippen molar-refractivity contribution in [3.8, 4) is 0 Å². The second-order valence-corrected chi connectivity index (χ2v) is 9.52. The number of amides is 1. The van der Waals surface area contributed by atoms with Gasteiger partial charge >= 0.3 is 0 Å². The molecule has 0 bridgehead atoms. The number of ether oxygens (including phenoxy) is 1. The average Bonchev–Trinajstić information content (AvgIpc) is 2.70. The highest BCUT2D eigenvalue weighted by Crippen LogP contribution is 2.33. The zero-order valence-corrected chi connectivity index (χ0v) is 17.0. The molecule has 7 heteroatoms. The lowest BCUT2D eigenvalue weighted by Gasteiger charge is -2.40. The molecule has 0 aliphatic carbocycles. The van der Waals surface area contributed by atoms with Gasteiger partial charge < -0.3 is 4.74 Å². The number of carbonyl (C=O) groups is 1. The molecule has 2 N–H and O–H groups in total. The Morgan fingerprint density at radius 3 is 2.38 bits per heavy atom. The van der Waals surface area contributed by atoms with Gasteiger partial charge in [-0.05, 0) is 31.6 Å². The van der Waals surface area contributed by atoms with Crippen LogP contribution in [0, 0.1) is 5.92 Å². The van der Waals surface area contributed by atoms with Crippen LogP contribution in [0.25, 0.3) is 0 Å². The molecule has 0 aromatic rings. The van der Waals surface area contributed by atoms with Gasteiger partial charge in [0.15, 0.2) is 0 Å². The van der Waals surface area contributed by atoms with E-state index in [-0.39, 0.29) is 0 Å². The van der Waals surface area contributed by atoms with E-state index in [4.69, 9.17) is 9.94 Å². The van der Waals surface area contributed by atoms with E-state index in [0.29, 0.717) is 32.0 Å². The van der Waals surface area contributed by atoms with E-state index in [0.717, 1.165) is 25.9 Å². The Bertz CT molecular complexity index is 447. The molecule has 2 aliphatic rings. The van der Waals surface area contributed by atoms with Crippen molar-refractivity contribution in [3.63, 3.8) is 0 Å². The summed E-state index contributed by atoms with van der Waals surface area (Å²) in [5.74, 6) is 0.181. The van der Waals surface area contributed by atoms with Gasteiger partial charge in [-0.25, -0.2) is 14.0 Å². The first-order valence-electron chi connectivity index (χ1n) is 10.3. The number of nitrogens with one attached hydrogen (secondary N) is 1. The Morgan fingerprint density at radius 1 is 1.15 bits per heavy atom. The number of hydrogen-bond donors (Lipinski definition) is 2. The number of carbonyl (C=O) groups excluding carboxylic acids is 1. The lowest BCUT2D eigenvalue weighted by Crippen LogP contribution is -2.57. The predicted molar refractivity (Wildman–Crippen MR) is 103 cm³/mol. The summed E-state index contributed by atoms with van der Waals surface area (Å²) in [7, 11) is -1.43. The molecular weight excluding hydrogens is 352 g/mol. The minimum atomic E-state index is -1.43. The first-order chi connectivity index (χ1) is 12.6. The Labute approximate surface area is 160 Å². The summed E-state index contributed by atoms with van der Waals surface area (Å²) in [6.07, 6.45) is 12.1. The quantitative estimate of drug-likeness (QED) is 0.342. The monoisotopic (exact) mass is 388 g/mol. The number of hydrogen-bond acceptors (Lipinski definition) is 4. The number of unbranched alkanes of at least 4 members (excludes halogenated alkanes) is 5. The minimum Gasteiger partial charge on any atom is -0.381 e. The van der Waals surface area contributed by atoms with E-state index in [9.17, 15) is 9.00 Å². The van der Waals surface area contributed by atoms with E-state index in [1.165, 1.54) is 44.9 Å². The van der Waals surface area contributed by atoms with Gasteiger partial charge in [0.05, 0.1) is 0 Å². The number of piperidine rings is 1. The topological polar surface area (TPSA) is 78.9 Å². The van der Waals surface area contributed by atoms with Crippen molar-refractivity contribution >= 4 is 16.9 Å². The summed E-state index contributed by atoms with van der Waals surface area (Å²) < 4.78 is 19.4. The van der Waals surface area contributed by atoms with Gasteiger partial charge in [0.2, 0.25) is 0 Å². The summed E-state index contributed by atoms with van der Waals surface area (Å²) >= 11 is 0. The summed E-state index contributed by atoms with van der Waals surface area (Å²) in [6, 6.07) is 0. The lowest BCUT2D eigenvalue weighted by molar-refractivity contribution is -0.134. The molecule has 152 valence electrons. The number of hydroxylamine groups is 1. The average molecular weight is 389 g/mol. The highest BCUT2D eigenvalue weighted by Gasteiger charge is 2.48. The predicted octanol–water partition coefficient (Wildman–Crippen LogP) is 3.17. The van der Waals surface area contributed by atoms with Crippen molar-refractivity contribution in [2.45, 2.75) is 82.3 Å². The summed E-state index contributed by atoms with van der Waals surface area (Å²) in [5, 5.41) is 9.12. The van der Waals surface area contributed by atoms with E-state index in [1.807, 2.05) is 4.31 Å². The highest BCUT2D eigenvalue weighted by molar-refractivity contribution is 7.85. The Morgan fingerprint density at radius 2 is 1.77 bits per heavy atom. The zero-order chi connectivity index (χ0) is 18.8. The maximum atomic E-state index is 13.2. The van der Waals surface area contributed by atoms with Crippen molar-refractivity contribution in [1.82, 2.24) is 9.79 Å². The molecule has 2 aliphatic heterocycles. The highest BCUT2D eigenvalue weighted by atomic mass is 32.2. The summed E-state index contributed by atoms with van der Waals surface area (Å²) in [5.41, 5.74) is 1.74. The second kappa shape index (κ2) is 11.4. The molecule has 2 rings (SSSR count). The van der Waals surface area contributed by atoms with Crippen LogP contribution in [0.3, 0.4) is 0 Å². The summed E-state index contributed by atoms with van der Waals surface area (Å²) in [6.45, 7) is 4.61. The molecule has 2 heterocycles. The largest absolute Gasteiger partial charge is 0.381 e. The minimum absolute atomic E-state index is 0.393. The Hall–Kier alpha value is -0.500. The zero-order valence-electron chi connectivity index (χ0n) is 16.2. The van der Waals surface area contributed by atoms with Gasteiger partial charge in [-0.3, -0.25) is 10.0 Å². The van der Waals surface area contributed by atoms with Crippen LogP contribution in [0.5, 0.6) is 0 Å². The van der Waals surface area contributed by atoms with Gasteiger partial charge in [-0.15, -0.1) is 0 Å². The summed E-state index contributed by atoms with van der Waals surface area (Å²) in [4.78, 5) is 12.3. The van der Waals surface area contributed by atoms with Crippen molar-refractivity contribution in [1.29, 1.82) is 0 Å². The van der Waals surface area contributed by atoms with Crippen LogP contribution in [0.1, 0.15) is 77.6 Å². The van der Waals surface area contributed by atoms with E-state index in [1.54, 1.807) is 5.48 Å². The van der Waals surface area contributed by atoms with Crippen molar-refractivity contribution < 1.29 is 18.9 Å². The van der Waals surface area contributed by atoms with Gasteiger partial charge in [-0.2, -0.15) is 0 Å². The molecule has 1 unspecified atom stereocenters. The van der Waals surface area contributed by atoms with Gasteiger partial charge in [0.1, 0.15) is 15.7 Å². The molecule has 0 aromatic heterocycles. The molecule has 26 heavy (non-hydrogen) atoms. The smallest absolute Gasteiger partial charge is 0.263 e. The van der Waals surface area contributed by atoms with Crippen LogP contribution in [-0.4, -0.2) is 50.7 Å². The van der Waals surface area contributed by atoms with Gasteiger partial charge in [-0.1, -0.05) is 51.9 Å². The Balaban J connectivity index is 1.77. The van der Waals surface area contributed by atoms with Gasteiger partial charge in [0, 0.05) is 26.3 Å². The molecular formula is C19H36N2O4S. The molecule has 0 spiro atoms. The van der Waals surface area contributed by atoms with E-state index >= 15 is 0 Å². The first-order valence-corrected chi connectivity index (χ1v) is 11.4. The maximum Gasteiger partial charge on any atom is 0.263 e. The fraction of sp³-hybridized carbons (Fsp3) is 0.947. The molecule has 0 saturated carbocycles. The molecule has 2 fully saturated rings. The number of rotatable bonds is 10. The maximum absolute atomic E-state index is 13.2. The lowest BCUT2D eigenvalue weighted by atomic mass is 9.92. The van der Waals surface area contributed by atoms with Crippen LogP contribution in [0.2, 0.25) is 0 Å². The normalized spacial score (nSPS) is 22.8. The molecule has 2 saturated heterocycles. The molecule has 6 nitrogen and oxygen atoms in total. The molecule has 1 amide bonds.